The van der Waals surface area contributed by atoms with Gasteiger partial charge in [-0.05, 0) is 54.5 Å². The van der Waals surface area contributed by atoms with Crippen LogP contribution in [0.2, 0.25) is 0 Å². The monoisotopic (exact) mass is 482 g/mol. The summed E-state index contributed by atoms with van der Waals surface area (Å²) in [6.07, 6.45) is 9.07. The second-order valence-electron chi connectivity index (χ2n) is 9.57. The molecule has 0 aromatic heterocycles. The maximum Gasteiger partial charge on any atom is 0.416 e. The molecule has 0 radical (unpaired) electrons. The molecule has 2 aromatic carbocycles. The van der Waals surface area contributed by atoms with E-state index in [1.807, 2.05) is 0 Å². The first kappa shape index (κ1) is 26.5. The van der Waals surface area contributed by atoms with E-state index >= 15 is 0 Å². The van der Waals surface area contributed by atoms with Gasteiger partial charge in [-0.2, -0.15) is 17.6 Å². The molecule has 0 bridgehead atoms. The van der Waals surface area contributed by atoms with Crippen molar-refractivity contribution in [3.8, 4) is 16.9 Å². The van der Waals surface area contributed by atoms with Crippen molar-refractivity contribution in [3.63, 3.8) is 0 Å². The fraction of sp³-hybridized carbons (Fsp3) is 0.571. The molecule has 1 aliphatic rings. The van der Waals surface area contributed by atoms with Crippen molar-refractivity contribution in [3.05, 3.63) is 53.6 Å². The van der Waals surface area contributed by atoms with E-state index < -0.39 is 23.4 Å². The average Bonchev–Trinajstić information content (AvgIpc) is 2.82. The van der Waals surface area contributed by atoms with Crippen LogP contribution >= 0.6 is 0 Å². The third-order valence-electron chi connectivity index (χ3n) is 6.98. The zero-order valence-corrected chi connectivity index (χ0v) is 19.9. The Bertz CT molecular complexity index is 883. The van der Waals surface area contributed by atoms with E-state index in [1.165, 1.54) is 57.1 Å². The molecule has 34 heavy (non-hydrogen) atoms. The van der Waals surface area contributed by atoms with Gasteiger partial charge in [0.2, 0.25) is 5.82 Å². The number of ether oxygens (including phenoxy) is 1. The molecule has 0 heterocycles. The van der Waals surface area contributed by atoms with Crippen molar-refractivity contribution >= 4 is 0 Å². The second kappa shape index (κ2) is 12.6. The Morgan fingerprint density at radius 1 is 0.765 bits per heavy atom. The van der Waals surface area contributed by atoms with Gasteiger partial charge in [0.05, 0.1) is 12.2 Å². The Labute approximate surface area is 199 Å². The maximum absolute atomic E-state index is 14.6. The molecule has 0 spiro atoms. The normalized spacial score (nSPS) is 18.8. The lowest BCUT2D eigenvalue weighted by Gasteiger charge is -2.28. The maximum atomic E-state index is 14.6. The van der Waals surface area contributed by atoms with E-state index in [9.17, 15) is 22.0 Å². The molecule has 0 amide bonds. The summed E-state index contributed by atoms with van der Waals surface area (Å²) in [5.74, 6) is -1.27. The molecule has 0 aliphatic heterocycles. The predicted octanol–water partition coefficient (Wildman–Crippen LogP) is 9.59. The van der Waals surface area contributed by atoms with Crippen LogP contribution in [0, 0.1) is 23.5 Å². The van der Waals surface area contributed by atoms with Gasteiger partial charge in [0.25, 0.3) is 0 Å². The highest BCUT2D eigenvalue weighted by molar-refractivity contribution is 5.65. The summed E-state index contributed by atoms with van der Waals surface area (Å²) in [5.41, 5.74) is -0.743. The van der Waals surface area contributed by atoms with Gasteiger partial charge in [0, 0.05) is 5.56 Å². The van der Waals surface area contributed by atoms with Gasteiger partial charge in [-0.1, -0.05) is 76.8 Å². The Balaban J connectivity index is 1.47. The Morgan fingerprint density at radius 2 is 1.38 bits per heavy atom. The topological polar surface area (TPSA) is 9.23 Å². The summed E-state index contributed by atoms with van der Waals surface area (Å²) in [7, 11) is 0. The highest BCUT2D eigenvalue weighted by Crippen LogP contribution is 2.35. The van der Waals surface area contributed by atoms with E-state index in [1.54, 1.807) is 0 Å². The molecule has 6 heteroatoms. The fourth-order valence-corrected chi connectivity index (χ4v) is 4.81. The second-order valence-corrected chi connectivity index (χ2v) is 9.57. The van der Waals surface area contributed by atoms with Gasteiger partial charge in [-0.25, -0.2) is 4.39 Å². The van der Waals surface area contributed by atoms with E-state index in [4.69, 9.17) is 4.74 Å². The minimum absolute atomic E-state index is 0.0891. The largest absolute Gasteiger partial charge is 0.490 e. The number of hydrogen-bond donors (Lipinski definition) is 0. The molecule has 0 atom stereocenters. The first-order valence-electron chi connectivity index (χ1n) is 12.6. The third kappa shape index (κ3) is 7.44. The Kier molecular flexibility index (Phi) is 9.78. The van der Waals surface area contributed by atoms with Crippen molar-refractivity contribution in [2.75, 3.05) is 6.61 Å². The van der Waals surface area contributed by atoms with Crippen LogP contribution in [0.25, 0.3) is 11.1 Å². The standard InChI is InChI=1S/C28H35F5O/c1-2-3-4-5-6-7-8-20-9-11-21(12-10-20)19-34-25-18-17-24(26(29)27(25)30)22-13-15-23(16-14-22)28(31,32)33/h13-18,20-21H,2-12,19H2,1H3/t20-,21-. The molecule has 0 saturated heterocycles. The zero-order valence-electron chi connectivity index (χ0n) is 19.9. The summed E-state index contributed by atoms with van der Waals surface area (Å²) >= 11 is 0. The average molecular weight is 483 g/mol. The molecule has 0 N–H and O–H groups in total. The van der Waals surface area contributed by atoms with Crippen molar-refractivity contribution in [2.24, 2.45) is 11.8 Å². The van der Waals surface area contributed by atoms with E-state index in [0.29, 0.717) is 12.5 Å². The highest BCUT2D eigenvalue weighted by atomic mass is 19.4. The number of unbranched alkanes of at least 4 members (excludes halogenated alkanes) is 5. The molecule has 1 aliphatic carbocycles. The Morgan fingerprint density at radius 3 is 2.03 bits per heavy atom. The lowest BCUT2D eigenvalue weighted by Crippen LogP contribution is -2.20. The lowest BCUT2D eigenvalue weighted by atomic mass is 9.80. The van der Waals surface area contributed by atoms with Crippen LogP contribution in [0.15, 0.2) is 36.4 Å². The van der Waals surface area contributed by atoms with Gasteiger partial charge >= 0.3 is 6.18 Å². The summed E-state index contributed by atoms with van der Waals surface area (Å²) in [6, 6.07) is 6.72. The lowest BCUT2D eigenvalue weighted by molar-refractivity contribution is -0.137. The van der Waals surface area contributed by atoms with Crippen LogP contribution in [0.4, 0.5) is 22.0 Å². The summed E-state index contributed by atoms with van der Waals surface area (Å²) in [4.78, 5) is 0. The van der Waals surface area contributed by atoms with Crippen molar-refractivity contribution in [1.82, 2.24) is 0 Å². The van der Waals surface area contributed by atoms with Crippen LogP contribution in [0.5, 0.6) is 5.75 Å². The predicted molar refractivity (Wildman–Crippen MR) is 126 cm³/mol. The van der Waals surface area contributed by atoms with Gasteiger partial charge in [-0.15, -0.1) is 0 Å². The zero-order chi connectivity index (χ0) is 24.6. The first-order chi connectivity index (χ1) is 16.3. The smallest absolute Gasteiger partial charge is 0.416 e. The SMILES string of the molecule is CCCCCCCC[C@H]1CC[C@H](COc2ccc(-c3ccc(C(F)(F)F)cc3)c(F)c2F)CC1. The van der Waals surface area contributed by atoms with Crippen LogP contribution < -0.4 is 4.74 Å². The first-order valence-corrected chi connectivity index (χ1v) is 12.6. The third-order valence-corrected chi connectivity index (χ3v) is 6.98. The van der Waals surface area contributed by atoms with Crippen molar-refractivity contribution < 1.29 is 26.7 Å². The number of alkyl halides is 3. The van der Waals surface area contributed by atoms with Gasteiger partial charge in [0.15, 0.2) is 11.6 Å². The number of hydrogen-bond acceptors (Lipinski definition) is 1. The molecule has 0 unspecified atom stereocenters. The van der Waals surface area contributed by atoms with Crippen LogP contribution in [-0.2, 0) is 6.18 Å². The molecule has 1 nitrogen and oxygen atoms in total. The van der Waals surface area contributed by atoms with Crippen LogP contribution in [0.1, 0.15) is 83.1 Å². The molecule has 3 rings (SSSR count). The van der Waals surface area contributed by atoms with Gasteiger partial charge < -0.3 is 4.74 Å². The molecular weight excluding hydrogens is 447 g/mol. The van der Waals surface area contributed by atoms with Crippen molar-refractivity contribution in [2.45, 2.75) is 83.7 Å². The molecule has 188 valence electrons. The number of rotatable bonds is 11. The highest BCUT2D eigenvalue weighted by Gasteiger charge is 2.30. The summed E-state index contributed by atoms with van der Waals surface area (Å²) in [5, 5.41) is 0. The minimum atomic E-state index is -4.48. The molecule has 1 fully saturated rings. The van der Waals surface area contributed by atoms with Crippen molar-refractivity contribution in [1.29, 1.82) is 0 Å². The fourth-order valence-electron chi connectivity index (χ4n) is 4.81. The molecular formula is C28H35F5O. The van der Waals surface area contributed by atoms with E-state index in [0.717, 1.165) is 55.9 Å². The van der Waals surface area contributed by atoms with Crippen LogP contribution in [-0.4, -0.2) is 6.61 Å². The summed E-state index contributed by atoms with van der Waals surface area (Å²) < 4.78 is 73.1. The van der Waals surface area contributed by atoms with Crippen LogP contribution in [0.3, 0.4) is 0 Å². The van der Waals surface area contributed by atoms with E-state index in [-0.39, 0.29) is 16.9 Å². The Hall–Kier alpha value is -2.11. The molecule has 2 aromatic rings. The minimum Gasteiger partial charge on any atom is -0.490 e. The molecule has 1 saturated carbocycles. The van der Waals surface area contributed by atoms with E-state index in [2.05, 4.69) is 6.92 Å². The quantitative estimate of drug-likeness (QED) is 0.229. The summed E-state index contributed by atoms with van der Waals surface area (Å²) in [6.45, 7) is 2.57. The number of halogens is 5. The van der Waals surface area contributed by atoms with Gasteiger partial charge in [0.1, 0.15) is 0 Å². The van der Waals surface area contributed by atoms with Gasteiger partial charge in [-0.3, -0.25) is 0 Å². The number of benzene rings is 2.